The Morgan fingerprint density at radius 1 is 1.41 bits per heavy atom. The van der Waals surface area contributed by atoms with Crippen molar-refractivity contribution in [3.8, 4) is 0 Å². The Labute approximate surface area is 98.6 Å². The number of rotatable bonds is 3. The Bertz CT molecular complexity index is 571. The maximum atomic E-state index is 13.3. The van der Waals surface area contributed by atoms with Gasteiger partial charge in [0.1, 0.15) is 16.5 Å². The van der Waals surface area contributed by atoms with Crippen molar-refractivity contribution in [2.75, 3.05) is 5.32 Å². The van der Waals surface area contributed by atoms with E-state index in [4.69, 9.17) is 5.11 Å². The molecule has 0 bridgehead atoms. The second kappa shape index (κ2) is 4.46. The molecule has 2 N–H and O–H groups in total. The van der Waals surface area contributed by atoms with E-state index in [1.165, 1.54) is 0 Å². The van der Waals surface area contributed by atoms with Crippen LogP contribution >= 0.6 is 11.3 Å². The van der Waals surface area contributed by atoms with Gasteiger partial charge in [-0.05, 0) is 12.1 Å². The second-order valence-electron chi connectivity index (χ2n) is 3.08. The first-order valence-electron chi connectivity index (χ1n) is 4.47. The lowest BCUT2D eigenvalue weighted by atomic mass is 10.3. The summed E-state index contributed by atoms with van der Waals surface area (Å²) in [5.74, 6) is -2.35. The first kappa shape index (κ1) is 11.5. The molecule has 0 saturated heterocycles. The average Bonchev–Trinajstić information content (AvgIpc) is 2.72. The molecule has 0 amide bonds. The predicted octanol–water partition coefficient (Wildman–Crippen LogP) is 2.86. The lowest BCUT2D eigenvalue weighted by molar-refractivity contribution is 0.0702. The number of carbonyl (C=O) groups is 1. The van der Waals surface area contributed by atoms with Crippen molar-refractivity contribution in [2.45, 2.75) is 0 Å². The van der Waals surface area contributed by atoms with Crippen LogP contribution in [0.15, 0.2) is 24.4 Å². The molecule has 7 heteroatoms. The lowest BCUT2D eigenvalue weighted by Gasteiger charge is -2.03. The minimum absolute atomic E-state index is 0.0179. The van der Waals surface area contributed by atoms with Gasteiger partial charge in [-0.2, -0.15) is 0 Å². The molecule has 4 nitrogen and oxygen atoms in total. The van der Waals surface area contributed by atoms with Crippen LogP contribution in [0.4, 0.5) is 19.6 Å². The number of benzene rings is 1. The third-order valence-corrected chi connectivity index (χ3v) is 2.79. The van der Waals surface area contributed by atoms with Crippen LogP contribution in [0.1, 0.15) is 9.67 Å². The van der Waals surface area contributed by atoms with Crippen molar-refractivity contribution in [3.05, 3.63) is 40.9 Å². The van der Waals surface area contributed by atoms with Gasteiger partial charge < -0.3 is 10.4 Å². The second-order valence-corrected chi connectivity index (χ2v) is 4.11. The molecule has 0 fully saturated rings. The lowest BCUT2D eigenvalue weighted by Crippen LogP contribution is -1.93. The quantitative estimate of drug-likeness (QED) is 0.886. The number of aromatic nitrogens is 1. The van der Waals surface area contributed by atoms with E-state index in [9.17, 15) is 13.6 Å². The smallest absolute Gasteiger partial charge is 0.347 e. The molecule has 0 spiro atoms. The Kier molecular flexibility index (Phi) is 3.01. The van der Waals surface area contributed by atoms with Gasteiger partial charge in [-0.1, -0.05) is 11.3 Å². The van der Waals surface area contributed by atoms with E-state index < -0.39 is 17.6 Å². The van der Waals surface area contributed by atoms with Crippen LogP contribution in [0.25, 0.3) is 0 Å². The highest BCUT2D eigenvalue weighted by molar-refractivity contribution is 7.17. The van der Waals surface area contributed by atoms with Gasteiger partial charge in [-0.25, -0.2) is 18.6 Å². The third kappa shape index (κ3) is 2.56. The van der Waals surface area contributed by atoms with Gasteiger partial charge in [0, 0.05) is 6.07 Å². The fourth-order valence-corrected chi connectivity index (χ4v) is 1.81. The van der Waals surface area contributed by atoms with E-state index in [1.807, 2.05) is 0 Å². The molecule has 88 valence electrons. The van der Waals surface area contributed by atoms with Crippen LogP contribution in [0, 0.1) is 11.6 Å². The molecular formula is C10H6F2N2O2S. The van der Waals surface area contributed by atoms with Crippen molar-refractivity contribution in [3.63, 3.8) is 0 Å². The zero-order chi connectivity index (χ0) is 12.4. The van der Waals surface area contributed by atoms with Crippen LogP contribution < -0.4 is 5.32 Å². The molecule has 0 aliphatic heterocycles. The van der Waals surface area contributed by atoms with E-state index in [-0.39, 0.29) is 15.7 Å². The molecule has 0 saturated carbocycles. The topological polar surface area (TPSA) is 62.2 Å². The van der Waals surface area contributed by atoms with E-state index in [2.05, 4.69) is 10.3 Å². The van der Waals surface area contributed by atoms with E-state index in [0.717, 1.165) is 35.7 Å². The summed E-state index contributed by atoms with van der Waals surface area (Å²) in [7, 11) is 0. The van der Waals surface area contributed by atoms with Crippen molar-refractivity contribution in [1.29, 1.82) is 0 Å². The molecule has 0 radical (unpaired) electrons. The molecule has 1 heterocycles. The van der Waals surface area contributed by atoms with Crippen LogP contribution in [0.5, 0.6) is 0 Å². The number of carboxylic acid groups (broad SMARTS) is 1. The Balaban J connectivity index is 2.25. The van der Waals surface area contributed by atoms with E-state index in [1.54, 1.807) is 0 Å². The molecule has 2 aromatic rings. The first-order valence-corrected chi connectivity index (χ1v) is 5.29. The number of carboxylic acids is 1. The number of nitrogens with zero attached hydrogens (tertiary/aromatic N) is 1. The third-order valence-electron chi connectivity index (χ3n) is 1.89. The molecule has 0 aliphatic carbocycles. The average molecular weight is 256 g/mol. The summed E-state index contributed by atoms with van der Waals surface area (Å²) in [6, 6.07) is 2.94. The number of nitrogens with one attached hydrogen (secondary N) is 1. The van der Waals surface area contributed by atoms with Crippen molar-refractivity contribution < 1.29 is 18.7 Å². The zero-order valence-corrected chi connectivity index (χ0v) is 9.09. The Hall–Kier alpha value is -2.02. The fraction of sp³-hybridized carbons (Fsp3) is 0. The normalized spacial score (nSPS) is 10.2. The number of hydrogen-bond donors (Lipinski definition) is 2. The van der Waals surface area contributed by atoms with Gasteiger partial charge in [-0.15, -0.1) is 0 Å². The molecule has 0 atom stereocenters. The summed E-state index contributed by atoms with van der Waals surface area (Å²) < 4.78 is 26.1. The molecule has 1 aromatic carbocycles. The highest BCUT2D eigenvalue weighted by atomic mass is 32.1. The van der Waals surface area contributed by atoms with Crippen molar-refractivity contribution in [1.82, 2.24) is 4.98 Å². The highest BCUT2D eigenvalue weighted by Crippen LogP contribution is 2.24. The molecule has 17 heavy (non-hydrogen) atoms. The molecule has 2 rings (SSSR count). The summed E-state index contributed by atoms with van der Waals surface area (Å²) in [4.78, 5) is 14.4. The van der Waals surface area contributed by atoms with Gasteiger partial charge in [0.25, 0.3) is 0 Å². The van der Waals surface area contributed by atoms with Crippen LogP contribution in [0.2, 0.25) is 0 Å². The summed E-state index contributed by atoms with van der Waals surface area (Å²) in [6.07, 6.45) is 1.15. The monoisotopic (exact) mass is 256 g/mol. The van der Waals surface area contributed by atoms with Crippen molar-refractivity contribution in [2.24, 2.45) is 0 Å². The summed E-state index contributed by atoms with van der Waals surface area (Å²) in [5.41, 5.74) is -0.0868. The maximum absolute atomic E-state index is 13.3. The van der Waals surface area contributed by atoms with Gasteiger partial charge in [-0.3, -0.25) is 0 Å². The van der Waals surface area contributed by atoms with Gasteiger partial charge in [0.15, 0.2) is 5.13 Å². The fourth-order valence-electron chi connectivity index (χ4n) is 1.14. The number of anilines is 2. The van der Waals surface area contributed by atoms with Gasteiger partial charge in [0.2, 0.25) is 0 Å². The maximum Gasteiger partial charge on any atom is 0.347 e. The van der Waals surface area contributed by atoms with E-state index in [0.29, 0.717) is 0 Å². The molecular weight excluding hydrogens is 250 g/mol. The van der Waals surface area contributed by atoms with E-state index >= 15 is 0 Å². The molecule has 0 aliphatic rings. The Morgan fingerprint density at radius 3 is 2.82 bits per heavy atom. The number of hydrogen-bond acceptors (Lipinski definition) is 4. The van der Waals surface area contributed by atoms with Crippen LogP contribution in [-0.4, -0.2) is 16.1 Å². The standard InChI is InChI=1S/C10H6F2N2O2S/c11-5-1-2-6(12)7(3-5)14-10-13-4-8(17-10)9(15)16/h1-4H,(H,13,14)(H,15,16). The summed E-state index contributed by atoms with van der Waals surface area (Å²) in [6.45, 7) is 0. The molecule has 1 aromatic heterocycles. The summed E-state index contributed by atoms with van der Waals surface area (Å²) >= 11 is 0.839. The first-order chi connectivity index (χ1) is 8.06. The van der Waals surface area contributed by atoms with Gasteiger partial charge >= 0.3 is 5.97 Å². The highest BCUT2D eigenvalue weighted by Gasteiger charge is 2.10. The molecule has 0 unspecified atom stereocenters. The number of halogens is 2. The summed E-state index contributed by atoms with van der Waals surface area (Å²) in [5, 5.41) is 11.4. The Morgan fingerprint density at radius 2 is 2.18 bits per heavy atom. The predicted molar refractivity (Wildman–Crippen MR) is 58.7 cm³/mol. The van der Waals surface area contributed by atoms with Crippen molar-refractivity contribution >= 4 is 28.1 Å². The van der Waals surface area contributed by atoms with Gasteiger partial charge in [0.05, 0.1) is 11.9 Å². The largest absolute Gasteiger partial charge is 0.477 e. The number of thiazole rings is 1. The van der Waals surface area contributed by atoms with Crippen LogP contribution in [-0.2, 0) is 0 Å². The number of aromatic carboxylic acids is 1. The SMILES string of the molecule is O=C(O)c1cnc(Nc2cc(F)ccc2F)s1. The minimum Gasteiger partial charge on any atom is -0.477 e. The van der Waals surface area contributed by atoms with Crippen LogP contribution in [0.3, 0.4) is 0 Å². The minimum atomic E-state index is -1.12. The zero-order valence-electron chi connectivity index (χ0n) is 8.28.